The molecular weight excluding hydrogens is 284 g/mol. The van der Waals surface area contributed by atoms with Gasteiger partial charge in [0.25, 0.3) is 0 Å². The standard InChI is InChI=1S/C12H22N2O5S/c1-8(2)5-10(13)12(17)14(6-11(15)16)9-3-4-20(18,19)7-9/h8-10H,3-7,13H2,1-2H3,(H,15,16)/t9?,10-/m0/s1. The summed E-state index contributed by atoms with van der Waals surface area (Å²) >= 11 is 0. The summed E-state index contributed by atoms with van der Waals surface area (Å²) in [7, 11) is -3.19. The van der Waals surface area contributed by atoms with Crippen molar-refractivity contribution in [1.82, 2.24) is 4.90 Å². The number of hydrogen-bond donors (Lipinski definition) is 2. The zero-order valence-electron chi connectivity index (χ0n) is 11.8. The summed E-state index contributed by atoms with van der Waals surface area (Å²) < 4.78 is 23.0. The lowest BCUT2D eigenvalue weighted by Gasteiger charge is -2.29. The molecule has 1 fully saturated rings. The Morgan fingerprint density at radius 2 is 2.00 bits per heavy atom. The number of rotatable bonds is 6. The molecule has 0 aromatic carbocycles. The maximum Gasteiger partial charge on any atom is 0.323 e. The molecule has 1 unspecified atom stereocenters. The normalized spacial score (nSPS) is 22.7. The zero-order valence-corrected chi connectivity index (χ0v) is 12.6. The topological polar surface area (TPSA) is 118 Å². The Morgan fingerprint density at radius 3 is 2.40 bits per heavy atom. The molecule has 1 saturated heterocycles. The molecular formula is C12H22N2O5S. The van der Waals surface area contributed by atoms with Gasteiger partial charge in [0.15, 0.2) is 9.84 Å². The zero-order chi connectivity index (χ0) is 15.5. The molecule has 0 radical (unpaired) electrons. The van der Waals surface area contributed by atoms with Crippen LogP contribution in [-0.4, -0.2) is 60.4 Å². The molecule has 3 N–H and O–H groups in total. The Hall–Kier alpha value is -1.15. The van der Waals surface area contributed by atoms with Crippen molar-refractivity contribution in [3.05, 3.63) is 0 Å². The second kappa shape index (κ2) is 6.53. The summed E-state index contributed by atoms with van der Waals surface area (Å²) in [6, 6.07) is -1.38. The first-order chi connectivity index (χ1) is 9.12. The van der Waals surface area contributed by atoms with Gasteiger partial charge < -0.3 is 15.7 Å². The van der Waals surface area contributed by atoms with Gasteiger partial charge in [0.05, 0.1) is 17.5 Å². The maximum atomic E-state index is 12.3. The lowest BCUT2D eigenvalue weighted by Crippen LogP contribution is -2.51. The van der Waals surface area contributed by atoms with Crippen molar-refractivity contribution in [2.45, 2.75) is 38.8 Å². The third-order valence-corrected chi connectivity index (χ3v) is 5.03. The van der Waals surface area contributed by atoms with Crippen LogP contribution in [0.1, 0.15) is 26.7 Å². The van der Waals surface area contributed by atoms with Crippen molar-refractivity contribution >= 4 is 21.7 Å². The van der Waals surface area contributed by atoms with E-state index in [-0.39, 0.29) is 23.8 Å². The third-order valence-electron chi connectivity index (χ3n) is 3.28. The van der Waals surface area contributed by atoms with Crippen LogP contribution in [0.4, 0.5) is 0 Å². The van der Waals surface area contributed by atoms with Crippen molar-refractivity contribution in [1.29, 1.82) is 0 Å². The third kappa shape index (κ3) is 4.75. The van der Waals surface area contributed by atoms with E-state index in [1.54, 1.807) is 0 Å². The molecule has 1 aliphatic heterocycles. The number of aliphatic carboxylic acids is 1. The molecule has 116 valence electrons. The molecule has 0 spiro atoms. The summed E-state index contributed by atoms with van der Waals surface area (Å²) in [4.78, 5) is 24.3. The first kappa shape index (κ1) is 16.9. The fourth-order valence-electron chi connectivity index (χ4n) is 2.38. The van der Waals surface area contributed by atoms with Crippen LogP contribution in [-0.2, 0) is 19.4 Å². The summed E-state index contributed by atoms with van der Waals surface area (Å²) in [6.45, 7) is 3.31. The smallest absolute Gasteiger partial charge is 0.323 e. The highest BCUT2D eigenvalue weighted by Gasteiger charge is 2.37. The number of hydrogen-bond acceptors (Lipinski definition) is 5. The number of carbonyl (C=O) groups is 2. The van der Waals surface area contributed by atoms with Crippen molar-refractivity contribution < 1.29 is 23.1 Å². The fourth-order valence-corrected chi connectivity index (χ4v) is 4.11. The van der Waals surface area contributed by atoms with Gasteiger partial charge in [-0.05, 0) is 18.8 Å². The number of amides is 1. The Kier molecular flexibility index (Phi) is 5.52. The molecule has 8 heteroatoms. The van der Waals surface area contributed by atoms with Gasteiger partial charge in [-0.2, -0.15) is 0 Å². The minimum atomic E-state index is -3.19. The number of carbonyl (C=O) groups excluding carboxylic acids is 1. The van der Waals surface area contributed by atoms with Crippen LogP contribution in [0.25, 0.3) is 0 Å². The molecule has 1 rings (SSSR count). The quantitative estimate of drug-likeness (QED) is 0.680. The SMILES string of the molecule is CC(C)C[C@H](N)C(=O)N(CC(=O)O)C1CCS(=O)(=O)C1. The molecule has 20 heavy (non-hydrogen) atoms. The molecule has 1 heterocycles. The van der Waals surface area contributed by atoms with E-state index < -0.39 is 40.3 Å². The van der Waals surface area contributed by atoms with Crippen LogP contribution >= 0.6 is 0 Å². The predicted octanol–water partition coefficient (Wildman–Crippen LogP) is -0.540. The van der Waals surface area contributed by atoms with E-state index in [4.69, 9.17) is 10.8 Å². The van der Waals surface area contributed by atoms with Gasteiger partial charge in [-0.1, -0.05) is 13.8 Å². The minimum absolute atomic E-state index is 0.0134. The Balaban J connectivity index is 2.84. The average Bonchev–Trinajstić information content (AvgIpc) is 2.64. The second-order valence-electron chi connectivity index (χ2n) is 5.65. The first-order valence-electron chi connectivity index (χ1n) is 6.60. The van der Waals surface area contributed by atoms with Gasteiger partial charge in [-0.3, -0.25) is 9.59 Å². The summed E-state index contributed by atoms with van der Waals surface area (Å²) in [5.41, 5.74) is 5.80. The van der Waals surface area contributed by atoms with Crippen molar-refractivity contribution in [2.24, 2.45) is 11.7 Å². The van der Waals surface area contributed by atoms with Gasteiger partial charge in [-0.25, -0.2) is 8.42 Å². The van der Waals surface area contributed by atoms with E-state index in [1.165, 1.54) is 0 Å². The van der Waals surface area contributed by atoms with Gasteiger partial charge >= 0.3 is 5.97 Å². The molecule has 2 atom stereocenters. The van der Waals surface area contributed by atoms with E-state index >= 15 is 0 Å². The van der Waals surface area contributed by atoms with E-state index in [9.17, 15) is 18.0 Å². The first-order valence-corrected chi connectivity index (χ1v) is 8.43. The van der Waals surface area contributed by atoms with Crippen LogP contribution in [0.5, 0.6) is 0 Å². The molecule has 1 aliphatic rings. The van der Waals surface area contributed by atoms with E-state index in [0.717, 1.165) is 4.90 Å². The van der Waals surface area contributed by atoms with Gasteiger partial charge in [-0.15, -0.1) is 0 Å². The van der Waals surface area contributed by atoms with Crippen molar-refractivity contribution in [2.75, 3.05) is 18.1 Å². The molecule has 1 amide bonds. The number of sulfone groups is 1. The summed E-state index contributed by atoms with van der Waals surface area (Å²) in [6.07, 6.45) is 0.712. The van der Waals surface area contributed by atoms with Crippen LogP contribution in [0.15, 0.2) is 0 Å². The number of nitrogens with two attached hydrogens (primary N) is 1. The lowest BCUT2D eigenvalue weighted by atomic mass is 10.0. The summed E-state index contributed by atoms with van der Waals surface area (Å²) in [5.74, 6) is -1.64. The number of carboxylic acids is 1. The summed E-state index contributed by atoms with van der Waals surface area (Å²) in [5, 5.41) is 8.90. The molecule has 0 aromatic rings. The van der Waals surface area contributed by atoms with E-state index in [1.807, 2.05) is 13.8 Å². The second-order valence-corrected chi connectivity index (χ2v) is 7.88. The van der Waals surface area contributed by atoms with Gasteiger partial charge in [0.1, 0.15) is 6.54 Å². The van der Waals surface area contributed by atoms with Crippen LogP contribution in [0.3, 0.4) is 0 Å². The van der Waals surface area contributed by atoms with Crippen LogP contribution in [0.2, 0.25) is 0 Å². The molecule has 0 saturated carbocycles. The highest BCUT2D eigenvalue weighted by Crippen LogP contribution is 2.19. The maximum absolute atomic E-state index is 12.3. The van der Waals surface area contributed by atoms with Gasteiger partial charge in [0.2, 0.25) is 5.91 Å². The largest absolute Gasteiger partial charge is 0.480 e. The monoisotopic (exact) mass is 306 g/mol. The minimum Gasteiger partial charge on any atom is -0.480 e. The molecule has 0 aromatic heterocycles. The molecule has 7 nitrogen and oxygen atoms in total. The molecule has 0 aliphatic carbocycles. The Bertz CT molecular complexity index is 474. The molecule has 0 bridgehead atoms. The highest BCUT2D eigenvalue weighted by molar-refractivity contribution is 7.91. The number of carboxylic acid groups (broad SMARTS) is 1. The Morgan fingerprint density at radius 1 is 1.40 bits per heavy atom. The Labute approximate surface area is 119 Å². The van der Waals surface area contributed by atoms with Crippen LogP contribution < -0.4 is 5.73 Å². The van der Waals surface area contributed by atoms with E-state index in [2.05, 4.69) is 0 Å². The fraction of sp³-hybridized carbons (Fsp3) is 0.833. The lowest BCUT2D eigenvalue weighted by molar-refractivity contribution is -0.146. The predicted molar refractivity (Wildman–Crippen MR) is 73.8 cm³/mol. The van der Waals surface area contributed by atoms with E-state index in [0.29, 0.717) is 6.42 Å². The highest BCUT2D eigenvalue weighted by atomic mass is 32.2. The van der Waals surface area contributed by atoms with Crippen LogP contribution in [0, 0.1) is 5.92 Å². The van der Waals surface area contributed by atoms with Crippen molar-refractivity contribution in [3.8, 4) is 0 Å². The van der Waals surface area contributed by atoms with Crippen molar-refractivity contribution in [3.63, 3.8) is 0 Å². The number of nitrogens with zero attached hydrogens (tertiary/aromatic N) is 1. The van der Waals surface area contributed by atoms with Gasteiger partial charge in [0, 0.05) is 6.04 Å². The average molecular weight is 306 g/mol.